The Kier molecular flexibility index (Phi) is 3.40. The van der Waals surface area contributed by atoms with E-state index < -0.39 is 5.56 Å². The van der Waals surface area contributed by atoms with Crippen LogP contribution in [0.3, 0.4) is 0 Å². The molecule has 3 aromatic rings. The maximum Gasteiger partial charge on any atom is 0.271 e. The van der Waals surface area contributed by atoms with Crippen molar-refractivity contribution in [2.75, 3.05) is 11.9 Å². The van der Waals surface area contributed by atoms with Crippen molar-refractivity contribution >= 4 is 35.4 Å². The number of aliphatic hydroxyl groups excluding tert-OH is 1. The molecule has 1 aliphatic rings. The molecule has 0 bridgehead atoms. The molecule has 1 aromatic heterocycles. The SMILES string of the molecule is C=c1nc2c(c(=O)n1-c1cccc(Cl)c1)=C(O)c1ccccc1N2C. The van der Waals surface area contributed by atoms with Crippen LogP contribution in [-0.4, -0.2) is 21.7 Å². The van der Waals surface area contributed by atoms with Gasteiger partial charge in [0.2, 0.25) is 0 Å². The first kappa shape index (κ1) is 15.5. The zero-order chi connectivity index (χ0) is 17.7. The molecule has 2 heterocycles. The van der Waals surface area contributed by atoms with Crippen molar-refractivity contribution in [3.63, 3.8) is 0 Å². The second kappa shape index (κ2) is 5.50. The highest BCUT2D eigenvalue weighted by molar-refractivity contribution is 6.30. The summed E-state index contributed by atoms with van der Waals surface area (Å²) in [5.74, 6) is 0.293. The van der Waals surface area contributed by atoms with Crippen LogP contribution in [0.4, 0.5) is 11.5 Å². The van der Waals surface area contributed by atoms with Gasteiger partial charge < -0.3 is 10.0 Å². The van der Waals surface area contributed by atoms with Crippen LogP contribution in [0.25, 0.3) is 18.0 Å². The maximum atomic E-state index is 13.1. The lowest BCUT2D eigenvalue weighted by Crippen LogP contribution is -2.48. The van der Waals surface area contributed by atoms with Crippen molar-refractivity contribution in [1.29, 1.82) is 0 Å². The fraction of sp³-hybridized carbons (Fsp3) is 0.0526. The third-order valence-electron chi connectivity index (χ3n) is 4.28. The summed E-state index contributed by atoms with van der Waals surface area (Å²) in [6.45, 7) is 3.90. The number of benzene rings is 2. The van der Waals surface area contributed by atoms with E-state index in [-0.39, 0.29) is 16.5 Å². The van der Waals surface area contributed by atoms with Gasteiger partial charge in [0.1, 0.15) is 16.5 Å². The fourth-order valence-corrected chi connectivity index (χ4v) is 3.28. The highest BCUT2D eigenvalue weighted by Gasteiger charge is 2.24. The molecule has 1 N–H and O–H groups in total. The Hall–Kier alpha value is -3.05. The average Bonchev–Trinajstić information content (AvgIpc) is 2.59. The number of nitrogens with zero attached hydrogens (tertiary/aromatic N) is 3. The van der Waals surface area contributed by atoms with E-state index in [2.05, 4.69) is 11.6 Å². The molecule has 0 saturated carbocycles. The standard InChI is InChI=1S/C19H14ClN3O2/c1-11-21-18-16(17(24)14-8-3-4-9-15(14)22(18)2)19(25)23(11)13-7-5-6-12(20)10-13/h3-10,24H,1H2,2H3. The van der Waals surface area contributed by atoms with E-state index in [0.29, 0.717) is 22.1 Å². The smallest absolute Gasteiger partial charge is 0.271 e. The van der Waals surface area contributed by atoms with E-state index >= 15 is 0 Å². The molecular weight excluding hydrogens is 338 g/mol. The van der Waals surface area contributed by atoms with Crippen LogP contribution in [0.15, 0.2) is 53.3 Å². The van der Waals surface area contributed by atoms with Crippen molar-refractivity contribution in [2.45, 2.75) is 0 Å². The fourth-order valence-electron chi connectivity index (χ4n) is 3.10. The van der Waals surface area contributed by atoms with Gasteiger partial charge in [-0.1, -0.05) is 36.4 Å². The summed E-state index contributed by atoms with van der Waals surface area (Å²) >= 11 is 6.04. The highest BCUT2D eigenvalue weighted by atomic mass is 35.5. The van der Waals surface area contributed by atoms with Crippen molar-refractivity contribution in [1.82, 2.24) is 9.55 Å². The quantitative estimate of drug-likeness (QED) is 0.729. The summed E-state index contributed by atoms with van der Waals surface area (Å²) in [7, 11) is 1.81. The number of hydrogen-bond donors (Lipinski definition) is 1. The van der Waals surface area contributed by atoms with Crippen molar-refractivity contribution < 1.29 is 5.11 Å². The molecule has 5 nitrogen and oxygen atoms in total. The van der Waals surface area contributed by atoms with Gasteiger partial charge in [-0.2, -0.15) is 0 Å². The van der Waals surface area contributed by atoms with Crippen LogP contribution in [0.1, 0.15) is 5.56 Å². The van der Waals surface area contributed by atoms with E-state index in [1.807, 2.05) is 18.2 Å². The van der Waals surface area contributed by atoms with E-state index in [4.69, 9.17) is 11.6 Å². The Morgan fingerprint density at radius 3 is 2.68 bits per heavy atom. The molecule has 1 aliphatic heterocycles. The Balaban J connectivity index is 2.15. The lowest BCUT2D eigenvalue weighted by Gasteiger charge is -2.26. The van der Waals surface area contributed by atoms with Gasteiger partial charge in [-0.05, 0) is 30.3 Å². The molecule has 25 heavy (non-hydrogen) atoms. The normalized spacial score (nSPS) is 12.7. The first-order valence-corrected chi connectivity index (χ1v) is 8.01. The van der Waals surface area contributed by atoms with Crippen LogP contribution in [0.2, 0.25) is 5.02 Å². The molecule has 0 radical (unpaired) electrons. The molecular formula is C19H14ClN3O2. The lowest BCUT2D eigenvalue weighted by molar-refractivity contribution is 0.504. The predicted molar refractivity (Wildman–Crippen MR) is 99.3 cm³/mol. The van der Waals surface area contributed by atoms with Crippen LogP contribution in [0.5, 0.6) is 0 Å². The van der Waals surface area contributed by atoms with Gasteiger partial charge in [0.15, 0.2) is 5.82 Å². The Bertz CT molecular complexity index is 1180. The second-order valence-electron chi connectivity index (χ2n) is 5.77. The molecule has 4 rings (SSSR count). The molecule has 0 saturated heterocycles. The molecule has 0 amide bonds. The third kappa shape index (κ3) is 2.24. The molecule has 6 heteroatoms. The first-order chi connectivity index (χ1) is 12.0. The van der Waals surface area contributed by atoms with Gasteiger partial charge in [-0.3, -0.25) is 9.36 Å². The topological polar surface area (TPSA) is 58.4 Å². The van der Waals surface area contributed by atoms with Gasteiger partial charge >= 0.3 is 0 Å². The summed E-state index contributed by atoms with van der Waals surface area (Å²) < 4.78 is 1.35. The molecule has 0 fully saturated rings. The lowest BCUT2D eigenvalue weighted by atomic mass is 10.1. The van der Waals surface area contributed by atoms with Crippen LogP contribution < -0.4 is 21.2 Å². The number of aliphatic hydroxyl groups is 1. The van der Waals surface area contributed by atoms with Gasteiger partial charge in [-0.25, -0.2) is 4.98 Å². The molecule has 124 valence electrons. The number of fused-ring (bicyclic) bond motifs is 2. The third-order valence-corrected chi connectivity index (χ3v) is 4.51. The Morgan fingerprint density at radius 1 is 1.16 bits per heavy atom. The molecule has 0 atom stereocenters. The monoisotopic (exact) mass is 351 g/mol. The molecule has 0 unspecified atom stereocenters. The zero-order valence-corrected chi connectivity index (χ0v) is 14.2. The summed E-state index contributed by atoms with van der Waals surface area (Å²) in [6, 6.07) is 14.2. The minimum absolute atomic E-state index is 0.0861. The Labute approximate surface area is 148 Å². The average molecular weight is 352 g/mol. The number of para-hydroxylation sites is 1. The number of halogens is 1. The summed E-state index contributed by atoms with van der Waals surface area (Å²) in [5, 5.41) is 11.4. The van der Waals surface area contributed by atoms with Crippen LogP contribution in [-0.2, 0) is 0 Å². The summed E-state index contributed by atoms with van der Waals surface area (Å²) in [5.41, 5.74) is 1.79. The summed E-state index contributed by atoms with van der Waals surface area (Å²) in [6.07, 6.45) is 0. The number of hydrogen-bond acceptors (Lipinski definition) is 4. The second-order valence-corrected chi connectivity index (χ2v) is 6.21. The first-order valence-electron chi connectivity index (χ1n) is 7.63. The van der Waals surface area contributed by atoms with E-state index in [9.17, 15) is 9.90 Å². The largest absolute Gasteiger partial charge is 0.506 e. The molecule has 2 aromatic carbocycles. The number of anilines is 2. The van der Waals surface area contributed by atoms with E-state index in [0.717, 1.165) is 5.69 Å². The maximum absolute atomic E-state index is 13.1. The molecule has 0 spiro atoms. The van der Waals surface area contributed by atoms with E-state index in [1.165, 1.54) is 4.57 Å². The highest BCUT2D eigenvalue weighted by Crippen LogP contribution is 2.30. The van der Waals surface area contributed by atoms with Gasteiger partial charge in [0.25, 0.3) is 5.56 Å². The summed E-state index contributed by atoms with van der Waals surface area (Å²) in [4.78, 5) is 19.4. The number of aromatic nitrogens is 2. The minimum atomic E-state index is -0.392. The predicted octanol–water partition coefficient (Wildman–Crippen LogP) is 2.09. The van der Waals surface area contributed by atoms with Crippen LogP contribution >= 0.6 is 11.6 Å². The van der Waals surface area contributed by atoms with Crippen molar-refractivity contribution in [2.24, 2.45) is 0 Å². The zero-order valence-electron chi connectivity index (χ0n) is 13.4. The van der Waals surface area contributed by atoms with Gasteiger partial charge in [0.05, 0.1) is 11.4 Å². The van der Waals surface area contributed by atoms with E-state index in [1.54, 1.807) is 42.3 Å². The number of rotatable bonds is 1. The van der Waals surface area contributed by atoms with Gasteiger partial charge in [-0.15, -0.1) is 0 Å². The minimum Gasteiger partial charge on any atom is -0.506 e. The molecule has 0 aliphatic carbocycles. The van der Waals surface area contributed by atoms with Crippen molar-refractivity contribution in [3.05, 3.63) is 80.2 Å². The van der Waals surface area contributed by atoms with Gasteiger partial charge in [0, 0.05) is 17.6 Å². The Morgan fingerprint density at radius 2 is 1.92 bits per heavy atom. The van der Waals surface area contributed by atoms with Crippen molar-refractivity contribution in [3.8, 4) is 5.69 Å². The van der Waals surface area contributed by atoms with Crippen LogP contribution in [0, 0.1) is 0 Å².